The van der Waals surface area contributed by atoms with E-state index < -0.39 is 10.8 Å². The molecular weight excluding hydrogens is 236 g/mol. The van der Waals surface area contributed by atoms with Gasteiger partial charge in [0.15, 0.2) is 5.78 Å². The number of nitrogens with zero attached hydrogens (tertiary/aromatic N) is 2. The van der Waals surface area contributed by atoms with Gasteiger partial charge in [-0.2, -0.15) is 0 Å². The first-order valence-corrected chi connectivity index (χ1v) is 5.34. The molecule has 1 aromatic carbocycles. The number of ketones is 1. The van der Waals surface area contributed by atoms with Gasteiger partial charge < -0.3 is 4.90 Å². The van der Waals surface area contributed by atoms with E-state index in [1.165, 1.54) is 36.1 Å². The van der Waals surface area contributed by atoms with Crippen molar-refractivity contribution in [3.63, 3.8) is 0 Å². The zero-order valence-electron chi connectivity index (χ0n) is 10.4. The molecule has 18 heavy (non-hydrogen) atoms. The van der Waals surface area contributed by atoms with Crippen molar-refractivity contribution in [3.05, 3.63) is 39.9 Å². The first-order valence-electron chi connectivity index (χ1n) is 5.34. The Morgan fingerprint density at radius 3 is 2.11 bits per heavy atom. The molecular formula is C12H14N2O4. The molecule has 1 amide bonds. The molecule has 0 heterocycles. The maximum atomic E-state index is 12.0. The van der Waals surface area contributed by atoms with Gasteiger partial charge in [-0.1, -0.05) is 0 Å². The minimum absolute atomic E-state index is 0.0851. The van der Waals surface area contributed by atoms with Gasteiger partial charge in [0, 0.05) is 31.8 Å². The van der Waals surface area contributed by atoms with Crippen LogP contribution in [0.2, 0.25) is 0 Å². The Labute approximate surface area is 104 Å². The Hall–Kier alpha value is -2.24. The summed E-state index contributed by atoms with van der Waals surface area (Å²) in [5.74, 6) is -1.43. The van der Waals surface area contributed by atoms with E-state index >= 15 is 0 Å². The average Bonchev–Trinajstić information content (AvgIpc) is 2.36. The van der Waals surface area contributed by atoms with E-state index in [0.29, 0.717) is 5.56 Å². The number of hydrogen-bond acceptors (Lipinski definition) is 4. The summed E-state index contributed by atoms with van der Waals surface area (Å²) in [5.41, 5.74) is 0.210. The van der Waals surface area contributed by atoms with Crippen LogP contribution in [0, 0.1) is 16.0 Å². The van der Waals surface area contributed by atoms with Crippen molar-refractivity contribution in [3.8, 4) is 0 Å². The van der Waals surface area contributed by atoms with E-state index in [1.54, 1.807) is 14.1 Å². The van der Waals surface area contributed by atoms with Crippen LogP contribution >= 0.6 is 0 Å². The summed E-state index contributed by atoms with van der Waals surface area (Å²) in [6.07, 6.45) is 0. The van der Waals surface area contributed by atoms with Crippen LogP contribution in [0.3, 0.4) is 0 Å². The van der Waals surface area contributed by atoms with Crippen molar-refractivity contribution in [1.29, 1.82) is 0 Å². The number of benzene rings is 1. The molecule has 0 fully saturated rings. The van der Waals surface area contributed by atoms with Crippen molar-refractivity contribution in [2.24, 2.45) is 5.92 Å². The number of nitro groups is 1. The number of carbonyl (C=O) groups is 2. The second-order valence-electron chi connectivity index (χ2n) is 4.12. The van der Waals surface area contributed by atoms with Gasteiger partial charge in [-0.15, -0.1) is 0 Å². The van der Waals surface area contributed by atoms with Crippen LogP contribution in [-0.2, 0) is 4.79 Å². The Morgan fingerprint density at radius 1 is 1.22 bits per heavy atom. The minimum Gasteiger partial charge on any atom is -0.348 e. The molecule has 0 aliphatic heterocycles. The van der Waals surface area contributed by atoms with Gasteiger partial charge in [0.25, 0.3) is 5.69 Å². The molecule has 1 rings (SSSR count). The molecule has 0 aliphatic rings. The van der Waals surface area contributed by atoms with Crippen LogP contribution in [0.1, 0.15) is 17.3 Å². The summed E-state index contributed by atoms with van der Waals surface area (Å²) in [4.78, 5) is 34.9. The molecule has 0 radical (unpaired) electrons. The smallest absolute Gasteiger partial charge is 0.269 e. The number of nitro benzene ring substituents is 1. The van der Waals surface area contributed by atoms with Gasteiger partial charge in [-0.25, -0.2) is 0 Å². The first-order chi connectivity index (χ1) is 8.34. The number of non-ortho nitro benzene ring substituents is 1. The van der Waals surface area contributed by atoms with E-state index in [-0.39, 0.29) is 17.4 Å². The Kier molecular flexibility index (Phi) is 4.14. The second kappa shape index (κ2) is 5.39. The average molecular weight is 250 g/mol. The van der Waals surface area contributed by atoms with Crippen LogP contribution in [-0.4, -0.2) is 35.6 Å². The SMILES string of the molecule is CC(C(=O)c1ccc([N+](=O)[O-])cc1)C(=O)N(C)C. The molecule has 6 nitrogen and oxygen atoms in total. The summed E-state index contributed by atoms with van der Waals surface area (Å²) in [7, 11) is 3.14. The zero-order valence-corrected chi connectivity index (χ0v) is 10.4. The highest BCUT2D eigenvalue weighted by atomic mass is 16.6. The molecule has 0 aliphatic carbocycles. The number of rotatable bonds is 4. The fourth-order valence-corrected chi connectivity index (χ4v) is 1.50. The summed E-state index contributed by atoms with van der Waals surface area (Å²) < 4.78 is 0. The molecule has 0 N–H and O–H groups in total. The van der Waals surface area contributed by atoms with Crippen molar-refractivity contribution >= 4 is 17.4 Å². The third kappa shape index (κ3) is 2.91. The molecule has 6 heteroatoms. The van der Waals surface area contributed by atoms with Crippen molar-refractivity contribution < 1.29 is 14.5 Å². The lowest BCUT2D eigenvalue weighted by atomic mass is 9.98. The molecule has 96 valence electrons. The van der Waals surface area contributed by atoms with Gasteiger partial charge in [-0.3, -0.25) is 19.7 Å². The fourth-order valence-electron chi connectivity index (χ4n) is 1.50. The predicted octanol–water partition coefficient (Wildman–Crippen LogP) is 1.50. The van der Waals surface area contributed by atoms with E-state index in [2.05, 4.69) is 0 Å². The molecule has 0 aromatic heterocycles. The summed E-state index contributed by atoms with van der Waals surface area (Å²) in [6.45, 7) is 1.52. The third-order valence-corrected chi connectivity index (χ3v) is 2.57. The van der Waals surface area contributed by atoms with Crippen molar-refractivity contribution in [1.82, 2.24) is 4.90 Å². The van der Waals surface area contributed by atoms with Gasteiger partial charge in [-0.05, 0) is 19.1 Å². The lowest BCUT2D eigenvalue weighted by molar-refractivity contribution is -0.384. The monoisotopic (exact) mass is 250 g/mol. The standard InChI is InChI=1S/C12H14N2O4/c1-8(12(16)13(2)3)11(15)9-4-6-10(7-5-9)14(17)18/h4-8H,1-3H3. The highest BCUT2D eigenvalue weighted by Crippen LogP contribution is 2.15. The van der Waals surface area contributed by atoms with E-state index in [0.717, 1.165) is 0 Å². The van der Waals surface area contributed by atoms with Crippen LogP contribution in [0.15, 0.2) is 24.3 Å². The van der Waals surface area contributed by atoms with Gasteiger partial charge >= 0.3 is 0 Å². The second-order valence-corrected chi connectivity index (χ2v) is 4.12. The van der Waals surface area contributed by atoms with Crippen LogP contribution in [0.4, 0.5) is 5.69 Å². The van der Waals surface area contributed by atoms with E-state index in [4.69, 9.17) is 0 Å². The topological polar surface area (TPSA) is 80.5 Å². The largest absolute Gasteiger partial charge is 0.348 e. The summed E-state index contributed by atoms with van der Waals surface area (Å²) in [5, 5.41) is 10.5. The molecule has 0 spiro atoms. The molecule has 1 aromatic rings. The number of amides is 1. The van der Waals surface area contributed by atoms with Crippen molar-refractivity contribution in [2.45, 2.75) is 6.92 Å². The van der Waals surface area contributed by atoms with Crippen LogP contribution in [0.5, 0.6) is 0 Å². The molecule has 0 saturated carbocycles. The van der Waals surface area contributed by atoms with E-state index in [9.17, 15) is 19.7 Å². The van der Waals surface area contributed by atoms with Gasteiger partial charge in [0.1, 0.15) is 0 Å². The molecule has 0 saturated heterocycles. The highest BCUT2D eigenvalue weighted by molar-refractivity contribution is 6.09. The number of Topliss-reactive ketones (excluding diaryl/α,β-unsaturated/α-hetero) is 1. The third-order valence-electron chi connectivity index (χ3n) is 2.57. The normalized spacial score (nSPS) is 11.7. The van der Waals surface area contributed by atoms with Gasteiger partial charge in [0.05, 0.1) is 10.8 Å². The molecule has 1 unspecified atom stereocenters. The van der Waals surface area contributed by atoms with Crippen LogP contribution < -0.4 is 0 Å². The maximum absolute atomic E-state index is 12.0. The fraction of sp³-hybridized carbons (Fsp3) is 0.333. The zero-order chi connectivity index (χ0) is 13.9. The van der Waals surface area contributed by atoms with Crippen LogP contribution in [0.25, 0.3) is 0 Å². The Bertz CT molecular complexity index is 479. The summed E-state index contributed by atoms with van der Waals surface area (Å²) in [6, 6.07) is 5.22. The predicted molar refractivity (Wildman–Crippen MR) is 65.3 cm³/mol. The summed E-state index contributed by atoms with van der Waals surface area (Å²) >= 11 is 0. The Morgan fingerprint density at radius 2 is 1.72 bits per heavy atom. The quantitative estimate of drug-likeness (QED) is 0.351. The van der Waals surface area contributed by atoms with E-state index in [1.807, 2.05) is 0 Å². The van der Waals surface area contributed by atoms with Crippen molar-refractivity contribution in [2.75, 3.05) is 14.1 Å². The maximum Gasteiger partial charge on any atom is 0.269 e. The molecule has 0 bridgehead atoms. The lowest BCUT2D eigenvalue weighted by Crippen LogP contribution is -2.32. The van der Waals surface area contributed by atoms with Gasteiger partial charge in [0.2, 0.25) is 5.91 Å². The number of hydrogen-bond donors (Lipinski definition) is 0. The number of carbonyl (C=O) groups excluding carboxylic acids is 2. The Balaban J connectivity index is 2.91. The minimum atomic E-state index is -0.790. The first kappa shape index (κ1) is 13.8. The molecule has 1 atom stereocenters. The lowest BCUT2D eigenvalue weighted by Gasteiger charge is -2.15. The highest BCUT2D eigenvalue weighted by Gasteiger charge is 2.24.